The first-order chi connectivity index (χ1) is 15.6. The Bertz CT molecular complexity index is 1280. The standard InChI is InChI=1S/C25H19N3O4/c29-25(27-26-16-18-7-12-23(13-8-18)28(30)31)21-9-5-19(6-10-21)17-32-24-14-11-20-3-1-2-4-22(20)15-24/h1-16H,17H2,(H,27,29)/b26-16-. The molecule has 4 rings (SSSR count). The van der Waals surface area contributed by atoms with Crippen molar-refractivity contribution in [2.75, 3.05) is 0 Å². The van der Waals surface area contributed by atoms with E-state index in [1.165, 1.54) is 18.3 Å². The number of non-ortho nitro benzene ring substituents is 1. The van der Waals surface area contributed by atoms with Crippen molar-refractivity contribution >= 4 is 28.6 Å². The first-order valence-corrected chi connectivity index (χ1v) is 9.87. The molecule has 0 saturated carbocycles. The number of ether oxygens (including phenoxy) is 1. The smallest absolute Gasteiger partial charge is 0.271 e. The average Bonchev–Trinajstić information content (AvgIpc) is 2.83. The van der Waals surface area contributed by atoms with Crippen molar-refractivity contribution in [2.24, 2.45) is 5.10 Å². The van der Waals surface area contributed by atoms with E-state index in [0.717, 1.165) is 22.1 Å². The molecule has 4 aromatic rings. The highest BCUT2D eigenvalue weighted by molar-refractivity contribution is 5.94. The van der Waals surface area contributed by atoms with Crippen LogP contribution in [0.1, 0.15) is 21.5 Å². The molecule has 0 heterocycles. The lowest BCUT2D eigenvalue weighted by Gasteiger charge is -2.08. The summed E-state index contributed by atoms with van der Waals surface area (Å²) in [7, 11) is 0. The molecule has 7 heteroatoms. The number of hydrazone groups is 1. The van der Waals surface area contributed by atoms with Crippen LogP contribution in [0.3, 0.4) is 0 Å². The van der Waals surface area contributed by atoms with Crippen molar-refractivity contribution < 1.29 is 14.5 Å². The highest BCUT2D eigenvalue weighted by atomic mass is 16.6. The molecule has 0 atom stereocenters. The van der Waals surface area contributed by atoms with Gasteiger partial charge in [-0.2, -0.15) is 5.10 Å². The van der Waals surface area contributed by atoms with Gasteiger partial charge in [0.2, 0.25) is 0 Å². The summed E-state index contributed by atoms with van der Waals surface area (Å²) >= 11 is 0. The van der Waals surface area contributed by atoms with Crippen LogP contribution in [0.5, 0.6) is 5.75 Å². The fraction of sp³-hybridized carbons (Fsp3) is 0.0400. The van der Waals surface area contributed by atoms with E-state index in [2.05, 4.69) is 16.6 Å². The predicted molar refractivity (Wildman–Crippen MR) is 123 cm³/mol. The molecule has 0 spiro atoms. The molecule has 4 aromatic carbocycles. The Morgan fingerprint density at radius 2 is 1.66 bits per heavy atom. The average molecular weight is 425 g/mol. The van der Waals surface area contributed by atoms with Gasteiger partial charge in [-0.05, 0) is 58.3 Å². The maximum Gasteiger partial charge on any atom is 0.271 e. The molecule has 0 bridgehead atoms. The third-order valence-electron chi connectivity index (χ3n) is 4.83. The summed E-state index contributed by atoms with van der Waals surface area (Å²) in [4.78, 5) is 22.4. The maximum absolute atomic E-state index is 12.2. The van der Waals surface area contributed by atoms with Gasteiger partial charge in [0.05, 0.1) is 11.1 Å². The van der Waals surface area contributed by atoms with E-state index < -0.39 is 4.92 Å². The Morgan fingerprint density at radius 3 is 2.38 bits per heavy atom. The summed E-state index contributed by atoms with van der Waals surface area (Å²) < 4.78 is 5.87. The van der Waals surface area contributed by atoms with E-state index in [4.69, 9.17) is 4.74 Å². The number of carbonyl (C=O) groups excluding carboxylic acids is 1. The van der Waals surface area contributed by atoms with Gasteiger partial charge in [-0.1, -0.05) is 42.5 Å². The quantitative estimate of drug-likeness (QED) is 0.253. The van der Waals surface area contributed by atoms with Crippen molar-refractivity contribution in [1.82, 2.24) is 5.43 Å². The number of benzene rings is 4. The molecule has 1 N–H and O–H groups in total. The number of hydrogen-bond donors (Lipinski definition) is 1. The fourth-order valence-electron chi connectivity index (χ4n) is 3.09. The second kappa shape index (κ2) is 9.53. The second-order valence-corrected chi connectivity index (χ2v) is 7.04. The molecule has 0 aliphatic heterocycles. The van der Waals surface area contributed by atoms with E-state index in [9.17, 15) is 14.9 Å². The maximum atomic E-state index is 12.2. The summed E-state index contributed by atoms with van der Waals surface area (Å²) in [6, 6.07) is 27.0. The van der Waals surface area contributed by atoms with Gasteiger partial charge in [0.15, 0.2) is 0 Å². The van der Waals surface area contributed by atoms with Gasteiger partial charge in [0.25, 0.3) is 11.6 Å². The van der Waals surface area contributed by atoms with E-state index >= 15 is 0 Å². The van der Waals surface area contributed by atoms with Crippen LogP contribution in [0.4, 0.5) is 5.69 Å². The zero-order valence-electron chi connectivity index (χ0n) is 17.0. The fourth-order valence-corrected chi connectivity index (χ4v) is 3.09. The van der Waals surface area contributed by atoms with Crippen LogP contribution in [0.25, 0.3) is 10.8 Å². The van der Waals surface area contributed by atoms with E-state index in [-0.39, 0.29) is 11.6 Å². The van der Waals surface area contributed by atoms with Gasteiger partial charge in [0.1, 0.15) is 12.4 Å². The largest absolute Gasteiger partial charge is 0.489 e. The normalized spacial score (nSPS) is 10.9. The number of nitrogens with one attached hydrogen (secondary N) is 1. The van der Waals surface area contributed by atoms with Crippen LogP contribution in [-0.2, 0) is 6.61 Å². The van der Waals surface area contributed by atoms with Crippen molar-refractivity contribution in [3.63, 3.8) is 0 Å². The SMILES string of the molecule is O=C(N/N=C\c1ccc([N+](=O)[O-])cc1)c1ccc(COc2ccc3ccccc3c2)cc1. The summed E-state index contributed by atoms with van der Waals surface area (Å²) in [5.74, 6) is 0.427. The van der Waals surface area contributed by atoms with Gasteiger partial charge in [-0.15, -0.1) is 0 Å². The minimum atomic E-state index is -0.473. The monoisotopic (exact) mass is 425 g/mol. The van der Waals surface area contributed by atoms with E-state index in [1.54, 1.807) is 24.3 Å². The van der Waals surface area contributed by atoms with Crippen LogP contribution in [-0.4, -0.2) is 17.0 Å². The molecule has 0 radical (unpaired) electrons. The minimum Gasteiger partial charge on any atom is -0.489 e. The van der Waals surface area contributed by atoms with Gasteiger partial charge in [-0.25, -0.2) is 5.43 Å². The molecule has 32 heavy (non-hydrogen) atoms. The molecule has 0 unspecified atom stereocenters. The number of nitro groups is 1. The number of amides is 1. The number of nitro benzene ring substituents is 1. The van der Waals surface area contributed by atoms with Gasteiger partial charge in [0, 0.05) is 17.7 Å². The van der Waals surface area contributed by atoms with Gasteiger partial charge in [-0.3, -0.25) is 14.9 Å². The molecular formula is C25H19N3O4. The van der Waals surface area contributed by atoms with E-state index in [0.29, 0.717) is 17.7 Å². The zero-order chi connectivity index (χ0) is 22.3. The van der Waals surface area contributed by atoms with Crippen LogP contribution in [0.2, 0.25) is 0 Å². The van der Waals surface area contributed by atoms with Crippen LogP contribution in [0, 0.1) is 10.1 Å². The molecule has 0 aromatic heterocycles. The Hall–Kier alpha value is -4.52. The van der Waals surface area contributed by atoms with E-state index in [1.807, 2.05) is 48.5 Å². The van der Waals surface area contributed by atoms with Gasteiger partial charge < -0.3 is 4.74 Å². The Balaban J connectivity index is 1.31. The summed E-state index contributed by atoms with van der Waals surface area (Å²) in [5.41, 5.74) is 4.47. The highest BCUT2D eigenvalue weighted by Gasteiger charge is 2.06. The third-order valence-corrected chi connectivity index (χ3v) is 4.83. The number of nitrogens with zero attached hydrogens (tertiary/aromatic N) is 2. The Kier molecular flexibility index (Phi) is 6.17. The Labute approximate surface area is 184 Å². The summed E-state index contributed by atoms with van der Waals surface area (Å²) in [5, 5.41) is 16.8. The minimum absolute atomic E-state index is 0.00382. The predicted octanol–water partition coefficient (Wildman–Crippen LogP) is 5.09. The summed E-state index contributed by atoms with van der Waals surface area (Å²) in [6.45, 7) is 0.387. The van der Waals surface area contributed by atoms with Crippen molar-refractivity contribution in [3.8, 4) is 5.75 Å². The molecule has 0 fully saturated rings. The molecule has 0 aliphatic rings. The zero-order valence-corrected chi connectivity index (χ0v) is 17.0. The lowest BCUT2D eigenvalue weighted by molar-refractivity contribution is -0.384. The van der Waals surface area contributed by atoms with Crippen LogP contribution >= 0.6 is 0 Å². The van der Waals surface area contributed by atoms with Gasteiger partial charge >= 0.3 is 0 Å². The molecule has 1 amide bonds. The first kappa shape index (κ1) is 20.7. The number of hydrogen-bond acceptors (Lipinski definition) is 5. The molecule has 0 saturated heterocycles. The second-order valence-electron chi connectivity index (χ2n) is 7.04. The molecule has 0 aliphatic carbocycles. The number of fused-ring (bicyclic) bond motifs is 1. The molecule has 7 nitrogen and oxygen atoms in total. The lowest BCUT2D eigenvalue weighted by Crippen LogP contribution is -2.17. The third kappa shape index (κ3) is 5.14. The lowest BCUT2D eigenvalue weighted by atomic mass is 10.1. The van der Waals surface area contributed by atoms with Crippen molar-refractivity contribution in [3.05, 3.63) is 118 Å². The van der Waals surface area contributed by atoms with Crippen LogP contribution in [0.15, 0.2) is 96.1 Å². The number of rotatable bonds is 7. The van der Waals surface area contributed by atoms with Crippen LogP contribution < -0.4 is 10.2 Å². The Morgan fingerprint density at radius 1 is 0.938 bits per heavy atom. The topological polar surface area (TPSA) is 93.8 Å². The van der Waals surface area contributed by atoms with Crippen molar-refractivity contribution in [1.29, 1.82) is 0 Å². The van der Waals surface area contributed by atoms with Crippen molar-refractivity contribution in [2.45, 2.75) is 6.61 Å². The molecule has 158 valence electrons. The number of carbonyl (C=O) groups is 1. The molecular weight excluding hydrogens is 406 g/mol. The highest BCUT2D eigenvalue weighted by Crippen LogP contribution is 2.21. The summed E-state index contributed by atoms with van der Waals surface area (Å²) in [6.07, 6.45) is 1.42. The first-order valence-electron chi connectivity index (χ1n) is 9.87.